The highest BCUT2D eigenvalue weighted by atomic mass is 19.1. The number of halogens is 1. The summed E-state index contributed by atoms with van der Waals surface area (Å²) in [4.78, 5) is 36.5. The molecule has 3 amide bonds. The summed E-state index contributed by atoms with van der Waals surface area (Å²) in [5, 5.41) is 7.86. The molecule has 0 saturated heterocycles. The molecule has 0 atom stereocenters. The fourth-order valence-electron chi connectivity index (χ4n) is 3.79. The number of furan rings is 1. The zero-order valence-electron chi connectivity index (χ0n) is 22.3. The Hall–Kier alpha value is -5.62. The number of nitrogens with one attached hydrogen (secondary N) is 3. The van der Waals surface area contributed by atoms with Crippen LogP contribution in [0.15, 0.2) is 84.4 Å². The lowest BCUT2D eigenvalue weighted by atomic mass is 10.1. The lowest BCUT2D eigenvalue weighted by Crippen LogP contribution is -2.19. The van der Waals surface area contributed by atoms with Crippen molar-refractivity contribution < 1.29 is 28.2 Å². The Balaban J connectivity index is 0.00000302. The van der Waals surface area contributed by atoms with Gasteiger partial charge in [-0.3, -0.25) is 4.79 Å². The number of aromatic nitrogens is 3. The zero-order chi connectivity index (χ0) is 28.8. The van der Waals surface area contributed by atoms with Gasteiger partial charge in [0.2, 0.25) is 5.91 Å². The van der Waals surface area contributed by atoms with Crippen molar-refractivity contribution in [3.8, 4) is 22.7 Å². The molecule has 11 nitrogen and oxygen atoms in total. The summed E-state index contributed by atoms with van der Waals surface area (Å²) in [7, 11) is 0. The largest absolute Gasteiger partial charge is 0.461 e. The predicted octanol–water partition coefficient (Wildman–Crippen LogP) is 6.30. The van der Waals surface area contributed by atoms with E-state index in [9.17, 15) is 9.59 Å². The molecule has 216 valence electrons. The van der Waals surface area contributed by atoms with Crippen LogP contribution in [0.3, 0.4) is 0 Å². The maximum atomic E-state index is 15.1. The summed E-state index contributed by atoms with van der Waals surface area (Å²) in [5.74, 6) is 0.726. The first kappa shape index (κ1) is 29.9. The van der Waals surface area contributed by atoms with E-state index in [0.29, 0.717) is 33.7 Å². The van der Waals surface area contributed by atoms with E-state index in [0.717, 1.165) is 5.76 Å². The Morgan fingerprint density at radius 3 is 2.17 bits per heavy atom. The summed E-state index contributed by atoms with van der Waals surface area (Å²) in [6.07, 6.45) is 1.61. The van der Waals surface area contributed by atoms with Gasteiger partial charge >= 0.3 is 6.03 Å². The lowest BCUT2D eigenvalue weighted by molar-refractivity contribution is -0.114. The molecule has 0 saturated carbocycles. The minimum Gasteiger partial charge on any atom is -0.461 e. The van der Waals surface area contributed by atoms with Gasteiger partial charge in [0.1, 0.15) is 22.9 Å². The van der Waals surface area contributed by atoms with Gasteiger partial charge in [-0.05, 0) is 67.6 Å². The Morgan fingerprint density at radius 1 is 0.927 bits per heavy atom. The number of rotatable bonds is 5. The minimum atomic E-state index is -0.646. The molecule has 0 fully saturated rings. The number of hydrogen-bond acceptors (Lipinski definition) is 7. The van der Waals surface area contributed by atoms with Gasteiger partial charge in [0, 0.05) is 40.0 Å². The monoisotopic (exact) mass is 563 g/mol. The van der Waals surface area contributed by atoms with E-state index in [-0.39, 0.29) is 38.6 Å². The molecule has 5 aromatic rings. The van der Waals surface area contributed by atoms with Crippen molar-refractivity contribution >= 4 is 45.9 Å². The van der Waals surface area contributed by atoms with Crippen LogP contribution in [0.5, 0.6) is 0 Å². The number of benzene rings is 2. The molecule has 2 aromatic carbocycles. The predicted molar refractivity (Wildman–Crippen MR) is 164 cm³/mol. The van der Waals surface area contributed by atoms with Gasteiger partial charge in [-0.1, -0.05) is 0 Å². The van der Waals surface area contributed by atoms with Crippen LogP contribution in [-0.2, 0) is 4.79 Å². The summed E-state index contributed by atoms with van der Waals surface area (Å²) in [5.41, 5.74) is 9.04. The van der Waals surface area contributed by atoms with Gasteiger partial charge in [-0.15, -0.1) is 13.2 Å². The van der Waals surface area contributed by atoms with Crippen molar-refractivity contribution in [1.82, 2.24) is 15.0 Å². The van der Waals surface area contributed by atoms with Gasteiger partial charge < -0.3 is 31.6 Å². The molecule has 0 radical (unpaired) electrons. The molecule has 3 heterocycles. The maximum absolute atomic E-state index is 15.1. The van der Waals surface area contributed by atoms with Gasteiger partial charge in [-0.25, -0.2) is 24.1 Å². The first-order valence-corrected chi connectivity index (χ1v) is 12.0. The molecule has 12 heteroatoms. The molecule has 0 bridgehead atoms. The molecule has 5 rings (SSSR count). The van der Waals surface area contributed by atoms with Crippen molar-refractivity contribution in [3.63, 3.8) is 0 Å². The first-order chi connectivity index (χ1) is 19.2. The van der Waals surface area contributed by atoms with Crippen LogP contribution in [0.4, 0.5) is 32.1 Å². The Kier molecular flexibility index (Phi) is 9.46. The number of nitrogens with two attached hydrogens (primary N) is 1. The number of carbonyl (C=O) groups excluding carboxylic acids is 2. The summed E-state index contributed by atoms with van der Waals surface area (Å²) < 4.78 is 20.7. The molecule has 0 aliphatic carbocycles. The second-order valence-electron chi connectivity index (χ2n) is 8.47. The Labute approximate surface area is 239 Å². The number of anilines is 4. The van der Waals surface area contributed by atoms with Crippen molar-refractivity contribution in [1.29, 1.82) is 0 Å². The normalized spacial score (nSPS) is 10.1. The zero-order valence-corrected chi connectivity index (χ0v) is 22.3. The van der Waals surface area contributed by atoms with Crippen LogP contribution in [0.25, 0.3) is 33.7 Å². The topological polar surface area (TPSA) is 180 Å². The average molecular weight is 564 g/mol. The number of fused-ring (bicyclic) bond motifs is 1. The number of carbonyl (C=O) groups is 2. The van der Waals surface area contributed by atoms with E-state index in [2.05, 4.69) is 44.1 Å². The van der Waals surface area contributed by atoms with Gasteiger partial charge in [-0.2, -0.15) is 0 Å². The van der Waals surface area contributed by atoms with Crippen LogP contribution < -0.4 is 21.7 Å². The third-order valence-electron chi connectivity index (χ3n) is 5.52. The van der Waals surface area contributed by atoms with Crippen LogP contribution >= 0.6 is 0 Å². The number of pyridine rings is 1. The average Bonchev–Trinajstić information content (AvgIpc) is 3.36. The highest BCUT2D eigenvalue weighted by molar-refractivity contribution is 6.00. The van der Waals surface area contributed by atoms with E-state index >= 15 is 4.39 Å². The highest BCUT2D eigenvalue weighted by Crippen LogP contribution is 2.29. The van der Waals surface area contributed by atoms with E-state index in [4.69, 9.17) is 10.2 Å². The number of hydrogen-bond donors (Lipinski definition) is 4. The molecule has 0 spiro atoms. The van der Waals surface area contributed by atoms with E-state index in [1.807, 2.05) is 19.1 Å². The molecule has 0 aliphatic heterocycles. The third kappa shape index (κ3) is 7.07. The standard InChI is InChI=1S/C27H22FN7O3.C2H4.H2O.3H2/c1-14-3-10-23(38-14)16-11-22-24(30-13-16)25(29)35-26(34-22)20-9-8-19(12-21(20)28)33-27(37)32-18-6-4-17(5-7-18)31-15(2)36;1-2;;;;/h3-13H,1-2H3,(H,31,36)(H2,29,34,35)(H2,32,33,37);1-2H2;1H2;3*1H. The van der Waals surface area contributed by atoms with Crippen molar-refractivity contribution in [2.24, 2.45) is 0 Å². The van der Waals surface area contributed by atoms with Crippen LogP contribution in [0, 0.1) is 12.7 Å². The van der Waals surface area contributed by atoms with Crippen LogP contribution in [-0.4, -0.2) is 32.4 Å². The number of amides is 3. The van der Waals surface area contributed by atoms with Gasteiger partial charge in [0.25, 0.3) is 0 Å². The third-order valence-corrected chi connectivity index (χ3v) is 5.52. The molecule has 0 unspecified atom stereocenters. The smallest absolute Gasteiger partial charge is 0.323 e. The summed E-state index contributed by atoms with van der Waals surface area (Å²) in [6.45, 7) is 9.25. The van der Waals surface area contributed by atoms with Crippen molar-refractivity contribution in [3.05, 3.63) is 91.6 Å². The first-order valence-electron chi connectivity index (χ1n) is 12.0. The van der Waals surface area contributed by atoms with Crippen molar-refractivity contribution in [2.75, 3.05) is 21.7 Å². The summed E-state index contributed by atoms with van der Waals surface area (Å²) >= 11 is 0. The molecular formula is C29H34FN7O4. The minimum absolute atomic E-state index is 0. The molecule has 7 N–H and O–H groups in total. The Bertz CT molecular complexity index is 1720. The van der Waals surface area contributed by atoms with E-state index in [1.54, 1.807) is 36.5 Å². The maximum Gasteiger partial charge on any atom is 0.323 e. The molecular weight excluding hydrogens is 529 g/mol. The second-order valence-corrected chi connectivity index (χ2v) is 8.47. The van der Waals surface area contributed by atoms with E-state index in [1.165, 1.54) is 25.1 Å². The number of aryl methyl sites for hydroxylation is 1. The molecule has 41 heavy (non-hydrogen) atoms. The summed E-state index contributed by atoms with van der Waals surface area (Å²) in [6, 6.07) is 15.6. The fourth-order valence-corrected chi connectivity index (χ4v) is 3.79. The second kappa shape index (κ2) is 13.0. The Morgan fingerprint density at radius 2 is 1.56 bits per heavy atom. The molecule has 0 aliphatic rings. The number of urea groups is 1. The highest BCUT2D eigenvalue weighted by Gasteiger charge is 2.15. The van der Waals surface area contributed by atoms with Gasteiger partial charge in [0.15, 0.2) is 11.6 Å². The van der Waals surface area contributed by atoms with Crippen LogP contribution in [0.2, 0.25) is 0 Å². The van der Waals surface area contributed by atoms with E-state index < -0.39 is 11.8 Å². The number of nitrogens with zero attached hydrogens (tertiary/aromatic N) is 3. The SMILES string of the molecule is C=C.CC(=O)Nc1ccc(NC(=O)Nc2ccc(-c3nc(N)c4ncc(-c5ccc(C)o5)cc4n3)c(F)c2)cc1.O.[HH].[HH].[HH]. The fraction of sp³-hybridized carbons (Fsp3) is 0.0690. The van der Waals surface area contributed by atoms with Crippen LogP contribution in [0.1, 0.15) is 17.0 Å². The van der Waals surface area contributed by atoms with Gasteiger partial charge in [0.05, 0.1) is 11.1 Å². The quantitative estimate of drug-likeness (QED) is 0.181. The number of nitrogen functional groups attached to an aromatic ring is 1. The van der Waals surface area contributed by atoms with Crippen molar-refractivity contribution in [2.45, 2.75) is 13.8 Å². The molecule has 3 aromatic heterocycles. The lowest BCUT2D eigenvalue weighted by Gasteiger charge is -2.10.